The van der Waals surface area contributed by atoms with Gasteiger partial charge in [-0.25, -0.2) is 4.39 Å². The van der Waals surface area contributed by atoms with Gasteiger partial charge in [0.2, 0.25) is 0 Å². The summed E-state index contributed by atoms with van der Waals surface area (Å²) in [5, 5.41) is 10.3. The third-order valence-corrected chi connectivity index (χ3v) is 3.97. The smallest absolute Gasteiger partial charge is 0.126 e. The molecule has 18 heavy (non-hydrogen) atoms. The Morgan fingerprint density at radius 3 is 2.50 bits per heavy atom. The highest BCUT2D eigenvalue weighted by Crippen LogP contribution is 2.31. The Balaban J connectivity index is 2.44. The van der Waals surface area contributed by atoms with Crippen LogP contribution in [0.3, 0.4) is 0 Å². The van der Waals surface area contributed by atoms with Crippen LogP contribution in [0.5, 0.6) is 0 Å². The Morgan fingerprint density at radius 1 is 1.11 bits per heavy atom. The van der Waals surface area contributed by atoms with E-state index >= 15 is 0 Å². The minimum atomic E-state index is -0.781. The van der Waals surface area contributed by atoms with Gasteiger partial charge >= 0.3 is 0 Å². The van der Waals surface area contributed by atoms with Gasteiger partial charge in [-0.1, -0.05) is 44.0 Å². The SMILES string of the molecule is Cc1cc(C(O)c2cc(Br)ccc2Br)ccc1F. The molecular weight excluding hydrogens is 363 g/mol. The number of benzene rings is 2. The highest BCUT2D eigenvalue weighted by atomic mass is 79.9. The molecule has 0 saturated carbocycles. The Bertz CT molecular complexity index is 584. The number of rotatable bonds is 2. The second-order valence-electron chi connectivity index (χ2n) is 4.08. The number of aliphatic hydroxyl groups excluding tert-OH is 1. The Labute approximate surface area is 122 Å². The molecule has 0 bridgehead atoms. The van der Waals surface area contributed by atoms with Gasteiger partial charge in [0, 0.05) is 14.5 Å². The molecule has 0 amide bonds. The molecule has 0 radical (unpaired) electrons. The van der Waals surface area contributed by atoms with Crippen LogP contribution >= 0.6 is 31.9 Å². The zero-order valence-corrected chi connectivity index (χ0v) is 12.8. The van der Waals surface area contributed by atoms with Crippen LogP contribution in [0.2, 0.25) is 0 Å². The maximum atomic E-state index is 13.2. The molecular formula is C14H11Br2FO. The van der Waals surface area contributed by atoms with Crippen molar-refractivity contribution < 1.29 is 9.50 Å². The summed E-state index contributed by atoms with van der Waals surface area (Å²) in [6.45, 7) is 1.68. The van der Waals surface area contributed by atoms with Gasteiger partial charge in [0.25, 0.3) is 0 Å². The first-order chi connectivity index (χ1) is 8.49. The largest absolute Gasteiger partial charge is 0.384 e. The van der Waals surface area contributed by atoms with E-state index in [0.29, 0.717) is 11.1 Å². The van der Waals surface area contributed by atoms with Crippen LogP contribution in [0.25, 0.3) is 0 Å². The predicted octanol–water partition coefficient (Wildman–Crippen LogP) is 4.74. The second kappa shape index (κ2) is 5.51. The highest BCUT2D eigenvalue weighted by Gasteiger charge is 2.15. The molecule has 0 aliphatic rings. The summed E-state index contributed by atoms with van der Waals surface area (Å²) in [4.78, 5) is 0. The molecule has 94 valence electrons. The maximum absolute atomic E-state index is 13.2. The van der Waals surface area contributed by atoms with E-state index in [2.05, 4.69) is 31.9 Å². The predicted molar refractivity (Wildman–Crippen MR) is 77.0 cm³/mol. The fraction of sp³-hybridized carbons (Fsp3) is 0.143. The molecule has 0 aliphatic carbocycles. The topological polar surface area (TPSA) is 20.2 Å². The number of aryl methyl sites for hydroxylation is 1. The molecule has 1 unspecified atom stereocenters. The zero-order chi connectivity index (χ0) is 13.3. The number of aliphatic hydroxyl groups is 1. The number of halogens is 3. The highest BCUT2D eigenvalue weighted by molar-refractivity contribution is 9.11. The zero-order valence-electron chi connectivity index (χ0n) is 9.62. The summed E-state index contributed by atoms with van der Waals surface area (Å²) in [6.07, 6.45) is -0.781. The van der Waals surface area contributed by atoms with E-state index in [4.69, 9.17) is 0 Å². The van der Waals surface area contributed by atoms with Crippen LogP contribution in [0.1, 0.15) is 22.8 Å². The van der Waals surface area contributed by atoms with Gasteiger partial charge in [0.15, 0.2) is 0 Å². The molecule has 1 atom stereocenters. The van der Waals surface area contributed by atoms with E-state index in [9.17, 15) is 9.50 Å². The lowest BCUT2D eigenvalue weighted by molar-refractivity contribution is 0.219. The third-order valence-electron chi connectivity index (χ3n) is 2.75. The average Bonchev–Trinajstić information content (AvgIpc) is 2.35. The van der Waals surface area contributed by atoms with Crippen LogP contribution in [0, 0.1) is 12.7 Å². The van der Waals surface area contributed by atoms with Gasteiger partial charge in [0.05, 0.1) is 0 Å². The van der Waals surface area contributed by atoms with Gasteiger partial charge in [-0.05, 0) is 42.3 Å². The summed E-state index contributed by atoms with van der Waals surface area (Å²) in [6, 6.07) is 10.2. The fourth-order valence-corrected chi connectivity index (χ4v) is 2.58. The molecule has 4 heteroatoms. The number of hydrogen-bond acceptors (Lipinski definition) is 1. The molecule has 2 rings (SSSR count). The van der Waals surface area contributed by atoms with Gasteiger partial charge in [0.1, 0.15) is 11.9 Å². The van der Waals surface area contributed by atoms with Crippen molar-refractivity contribution in [2.75, 3.05) is 0 Å². The van der Waals surface area contributed by atoms with Crippen molar-refractivity contribution >= 4 is 31.9 Å². The van der Waals surface area contributed by atoms with E-state index in [1.54, 1.807) is 19.1 Å². The van der Waals surface area contributed by atoms with Crippen molar-refractivity contribution in [3.8, 4) is 0 Å². The molecule has 1 N–H and O–H groups in total. The van der Waals surface area contributed by atoms with Crippen LogP contribution in [0.4, 0.5) is 4.39 Å². The van der Waals surface area contributed by atoms with E-state index in [0.717, 1.165) is 14.5 Å². The molecule has 0 spiro atoms. The molecule has 2 aromatic rings. The quantitative estimate of drug-likeness (QED) is 0.805. The molecule has 2 aromatic carbocycles. The van der Waals surface area contributed by atoms with Crippen LogP contribution in [-0.4, -0.2) is 5.11 Å². The lowest BCUT2D eigenvalue weighted by Crippen LogP contribution is -2.01. The number of hydrogen-bond donors (Lipinski definition) is 1. The molecule has 0 fully saturated rings. The first kappa shape index (κ1) is 13.7. The lowest BCUT2D eigenvalue weighted by atomic mass is 10.00. The summed E-state index contributed by atoms with van der Waals surface area (Å²) in [5.41, 5.74) is 1.95. The molecule has 1 nitrogen and oxygen atoms in total. The summed E-state index contributed by atoms with van der Waals surface area (Å²) < 4.78 is 14.9. The third kappa shape index (κ3) is 2.82. The van der Waals surface area contributed by atoms with Crippen molar-refractivity contribution in [2.24, 2.45) is 0 Å². The van der Waals surface area contributed by atoms with Crippen molar-refractivity contribution in [2.45, 2.75) is 13.0 Å². The molecule has 0 aliphatic heterocycles. The standard InChI is InChI=1S/C14H11Br2FO/c1-8-6-9(2-5-13(8)17)14(18)11-7-10(15)3-4-12(11)16/h2-7,14,18H,1H3. The normalized spacial score (nSPS) is 12.5. The van der Waals surface area contributed by atoms with Gasteiger partial charge < -0.3 is 5.11 Å². The van der Waals surface area contributed by atoms with Crippen LogP contribution < -0.4 is 0 Å². The molecule has 0 saturated heterocycles. The van der Waals surface area contributed by atoms with E-state index in [-0.39, 0.29) is 5.82 Å². The van der Waals surface area contributed by atoms with Gasteiger partial charge in [-0.15, -0.1) is 0 Å². The first-order valence-corrected chi connectivity index (χ1v) is 6.96. The van der Waals surface area contributed by atoms with E-state index in [1.807, 2.05) is 18.2 Å². The van der Waals surface area contributed by atoms with Crippen molar-refractivity contribution in [1.29, 1.82) is 0 Å². The van der Waals surface area contributed by atoms with Gasteiger partial charge in [-0.3, -0.25) is 0 Å². The fourth-order valence-electron chi connectivity index (χ4n) is 1.74. The monoisotopic (exact) mass is 372 g/mol. The van der Waals surface area contributed by atoms with Crippen molar-refractivity contribution in [3.63, 3.8) is 0 Å². The van der Waals surface area contributed by atoms with Crippen LogP contribution in [0.15, 0.2) is 45.3 Å². The Kier molecular flexibility index (Phi) is 4.20. The minimum absolute atomic E-state index is 0.265. The molecule has 0 heterocycles. The average molecular weight is 374 g/mol. The minimum Gasteiger partial charge on any atom is -0.384 e. The summed E-state index contributed by atoms with van der Waals surface area (Å²) in [7, 11) is 0. The summed E-state index contributed by atoms with van der Waals surface area (Å²) >= 11 is 6.78. The van der Waals surface area contributed by atoms with E-state index < -0.39 is 6.10 Å². The van der Waals surface area contributed by atoms with Gasteiger partial charge in [-0.2, -0.15) is 0 Å². The summed E-state index contributed by atoms with van der Waals surface area (Å²) in [5.74, 6) is -0.265. The van der Waals surface area contributed by atoms with E-state index in [1.165, 1.54) is 6.07 Å². The van der Waals surface area contributed by atoms with Crippen molar-refractivity contribution in [1.82, 2.24) is 0 Å². The maximum Gasteiger partial charge on any atom is 0.126 e. The Hall–Kier alpha value is -0.710. The first-order valence-electron chi connectivity index (χ1n) is 5.38. The lowest BCUT2D eigenvalue weighted by Gasteiger charge is -2.14. The second-order valence-corrected chi connectivity index (χ2v) is 5.85. The Morgan fingerprint density at radius 2 is 1.83 bits per heavy atom. The van der Waals surface area contributed by atoms with Crippen molar-refractivity contribution in [3.05, 3.63) is 67.9 Å². The molecule has 0 aromatic heterocycles. The van der Waals surface area contributed by atoms with Crippen LogP contribution in [-0.2, 0) is 0 Å².